The average molecular weight is 211 g/mol. The lowest BCUT2D eigenvalue weighted by molar-refractivity contribution is 0.0703. The zero-order chi connectivity index (χ0) is 9.26. The van der Waals surface area contributed by atoms with Gasteiger partial charge >= 0.3 is 5.97 Å². The molecule has 0 amide bonds. The van der Waals surface area contributed by atoms with E-state index in [4.69, 9.17) is 5.11 Å². The molecule has 3 nitrogen and oxygen atoms in total. The molecule has 0 aliphatic carbocycles. The van der Waals surface area contributed by atoms with Crippen LogP contribution in [0.25, 0.3) is 10.6 Å². The first-order valence-corrected chi connectivity index (χ1v) is 5.25. The number of carboxylic acid groups (broad SMARTS) is 1. The Morgan fingerprint density at radius 3 is 2.92 bits per heavy atom. The Morgan fingerprint density at radius 2 is 2.31 bits per heavy atom. The van der Waals surface area contributed by atoms with Gasteiger partial charge in [0.25, 0.3) is 0 Å². The van der Waals surface area contributed by atoms with Gasteiger partial charge in [0.05, 0.1) is 10.4 Å². The monoisotopic (exact) mass is 211 g/mol. The lowest BCUT2D eigenvalue weighted by Crippen LogP contribution is -1.94. The smallest absolute Gasteiger partial charge is 0.348 e. The predicted molar refractivity (Wildman–Crippen MR) is 52.4 cm³/mol. The maximum atomic E-state index is 10.8. The minimum absolute atomic E-state index is 0.308. The van der Waals surface area contributed by atoms with E-state index in [1.807, 2.05) is 17.5 Å². The molecule has 0 spiro atoms. The normalized spacial score (nSPS) is 10.2. The molecule has 0 aliphatic rings. The van der Waals surface area contributed by atoms with Crippen LogP contribution in [0.4, 0.5) is 0 Å². The van der Waals surface area contributed by atoms with Crippen LogP contribution in [0.3, 0.4) is 0 Å². The van der Waals surface area contributed by atoms with Crippen molar-refractivity contribution in [2.24, 2.45) is 0 Å². The number of nitrogens with zero attached hydrogens (tertiary/aromatic N) is 1. The van der Waals surface area contributed by atoms with Crippen molar-refractivity contribution in [1.29, 1.82) is 0 Å². The van der Waals surface area contributed by atoms with Gasteiger partial charge in [0, 0.05) is 0 Å². The molecule has 0 aromatic carbocycles. The van der Waals surface area contributed by atoms with Crippen molar-refractivity contribution in [1.82, 2.24) is 4.98 Å². The molecular weight excluding hydrogens is 206 g/mol. The number of rotatable bonds is 2. The summed E-state index contributed by atoms with van der Waals surface area (Å²) in [5.41, 5.74) is 2.13. The number of hydrogen-bond acceptors (Lipinski definition) is 4. The van der Waals surface area contributed by atoms with Gasteiger partial charge in [0.2, 0.25) is 0 Å². The molecule has 0 saturated heterocycles. The minimum Gasteiger partial charge on any atom is -0.477 e. The second kappa shape index (κ2) is 3.27. The van der Waals surface area contributed by atoms with Gasteiger partial charge in [0.1, 0.15) is 10.6 Å². The molecule has 2 rings (SSSR count). The fourth-order valence-electron chi connectivity index (χ4n) is 0.987. The highest BCUT2D eigenvalue weighted by atomic mass is 32.1. The van der Waals surface area contributed by atoms with E-state index in [2.05, 4.69) is 4.98 Å². The topological polar surface area (TPSA) is 50.2 Å². The number of thiazole rings is 1. The molecule has 0 atom stereocenters. The van der Waals surface area contributed by atoms with Crippen molar-refractivity contribution in [3.63, 3.8) is 0 Å². The summed E-state index contributed by atoms with van der Waals surface area (Å²) in [6, 6.07) is 3.75. The molecule has 0 radical (unpaired) electrons. The number of thiophene rings is 1. The number of aromatic nitrogens is 1. The molecule has 5 heteroatoms. The van der Waals surface area contributed by atoms with E-state index in [1.165, 1.54) is 11.3 Å². The third kappa shape index (κ3) is 1.48. The minimum atomic E-state index is -0.911. The maximum Gasteiger partial charge on any atom is 0.348 e. The number of hydrogen-bond donors (Lipinski definition) is 1. The van der Waals surface area contributed by atoms with Crippen LogP contribution in [0.1, 0.15) is 9.67 Å². The van der Waals surface area contributed by atoms with E-state index in [1.54, 1.807) is 5.51 Å². The fraction of sp³-hybridized carbons (Fsp3) is 0. The standard InChI is InChI=1S/C8H5NO2S2/c10-8(11)7-6(9-4-13-7)5-2-1-3-12-5/h1-4H,(H,10,11). The van der Waals surface area contributed by atoms with E-state index >= 15 is 0 Å². The second-order valence-corrected chi connectivity index (χ2v) is 4.12. The molecule has 2 heterocycles. The van der Waals surface area contributed by atoms with Crippen LogP contribution in [0, 0.1) is 0 Å². The largest absolute Gasteiger partial charge is 0.477 e. The van der Waals surface area contributed by atoms with Crippen LogP contribution in [-0.2, 0) is 0 Å². The molecule has 1 N–H and O–H groups in total. The van der Waals surface area contributed by atoms with Crippen molar-refractivity contribution in [3.8, 4) is 10.6 Å². The molecule has 2 aromatic rings. The van der Waals surface area contributed by atoms with Crippen LogP contribution < -0.4 is 0 Å². The third-order valence-corrected chi connectivity index (χ3v) is 3.21. The van der Waals surface area contributed by atoms with Crippen molar-refractivity contribution < 1.29 is 9.90 Å². The SMILES string of the molecule is O=C(O)c1scnc1-c1cccs1. The lowest BCUT2D eigenvalue weighted by atomic mass is 10.3. The van der Waals surface area contributed by atoms with Crippen LogP contribution in [0.15, 0.2) is 23.0 Å². The first kappa shape index (κ1) is 8.40. The second-order valence-electron chi connectivity index (χ2n) is 2.31. The molecule has 0 bridgehead atoms. The summed E-state index contributed by atoms with van der Waals surface area (Å²) >= 11 is 2.64. The Labute approximate surface area is 82.3 Å². The zero-order valence-electron chi connectivity index (χ0n) is 6.43. The predicted octanol–water partition coefficient (Wildman–Crippen LogP) is 2.57. The van der Waals surface area contributed by atoms with Gasteiger partial charge in [-0.05, 0) is 11.4 Å². The molecule has 0 fully saturated rings. The lowest BCUT2D eigenvalue weighted by Gasteiger charge is -1.92. The summed E-state index contributed by atoms with van der Waals surface area (Å²) in [5, 5.41) is 10.7. The highest BCUT2D eigenvalue weighted by Gasteiger charge is 2.15. The number of carbonyl (C=O) groups is 1. The molecule has 0 aliphatic heterocycles. The molecule has 0 saturated carbocycles. The van der Waals surface area contributed by atoms with Gasteiger partial charge < -0.3 is 5.11 Å². The average Bonchev–Trinajstić information content (AvgIpc) is 2.74. The van der Waals surface area contributed by atoms with Gasteiger partial charge in [-0.25, -0.2) is 9.78 Å². The Balaban J connectivity index is 2.52. The van der Waals surface area contributed by atoms with Crippen molar-refractivity contribution in [3.05, 3.63) is 27.9 Å². The van der Waals surface area contributed by atoms with Crippen LogP contribution in [0.5, 0.6) is 0 Å². The first-order valence-electron chi connectivity index (χ1n) is 3.49. The Kier molecular flexibility index (Phi) is 2.12. The van der Waals surface area contributed by atoms with Gasteiger partial charge in [-0.2, -0.15) is 0 Å². The summed E-state index contributed by atoms with van der Waals surface area (Å²) in [4.78, 5) is 16.0. The summed E-state index contributed by atoms with van der Waals surface area (Å²) < 4.78 is 0. The van der Waals surface area contributed by atoms with E-state index in [-0.39, 0.29) is 0 Å². The summed E-state index contributed by atoms with van der Waals surface area (Å²) in [6.45, 7) is 0. The number of aromatic carboxylic acids is 1. The zero-order valence-corrected chi connectivity index (χ0v) is 8.06. The Bertz CT molecular complexity index is 419. The quantitative estimate of drug-likeness (QED) is 0.830. The van der Waals surface area contributed by atoms with Crippen LogP contribution >= 0.6 is 22.7 Å². The molecule has 13 heavy (non-hydrogen) atoms. The summed E-state index contributed by atoms with van der Waals surface area (Å²) in [5.74, 6) is -0.911. The molecule has 2 aromatic heterocycles. The van der Waals surface area contributed by atoms with Gasteiger partial charge in [-0.1, -0.05) is 6.07 Å². The van der Waals surface area contributed by atoms with Crippen LogP contribution in [0.2, 0.25) is 0 Å². The Hall–Kier alpha value is -1.20. The van der Waals surface area contributed by atoms with Crippen molar-refractivity contribution >= 4 is 28.6 Å². The van der Waals surface area contributed by atoms with Crippen LogP contribution in [-0.4, -0.2) is 16.1 Å². The maximum absolute atomic E-state index is 10.8. The fourth-order valence-corrected chi connectivity index (χ4v) is 2.42. The highest BCUT2D eigenvalue weighted by Crippen LogP contribution is 2.28. The first-order chi connectivity index (χ1) is 6.29. The van der Waals surface area contributed by atoms with E-state index in [0.29, 0.717) is 10.6 Å². The number of carboxylic acids is 1. The summed E-state index contributed by atoms with van der Waals surface area (Å²) in [7, 11) is 0. The van der Waals surface area contributed by atoms with Gasteiger partial charge in [-0.3, -0.25) is 0 Å². The van der Waals surface area contributed by atoms with E-state index in [0.717, 1.165) is 16.2 Å². The van der Waals surface area contributed by atoms with Crippen molar-refractivity contribution in [2.75, 3.05) is 0 Å². The van der Waals surface area contributed by atoms with Crippen molar-refractivity contribution in [2.45, 2.75) is 0 Å². The molecular formula is C8H5NO2S2. The molecule has 0 unspecified atom stereocenters. The third-order valence-electron chi connectivity index (χ3n) is 1.52. The highest BCUT2D eigenvalue weighted by molar-refractivity contribution is 7.15. The van der Waals surface area contributed by atoms with Gasteiger partial charge in [-0.15, -0.1) is 22.7 Å². The van der Waals surface area contributed by atoms with E-state index in [9.17, 15) is 4.79 Å². The summed E-state index contributed by atoms with van der Waals surface area (Å²) in [6.07, 6.45) is 0. The Morgan fingerprint density at radius 1 is 1.46 bits per heavy atom. The van der Waals surface area contributed by atoms with E-state index < -0.39 is 5.97 Å². The van der Waals surface area contributed by atoms with Gasteiger partial charge in [0.15, 0.2) is 0 Å². The molecule has 66 valence electrons.